The molecule has 0 saturated heterocycles. The first kappa shape index (κ1) is 21.2. The number of aromatic nitrogens is 2. The molecule has 0 aliphatic heterocycles. The zero-order chi connectivity index (χ0) is 22.0. The molecule has 0 aliphatic rings. The molecule has 0 aliphatic carbocycles. The average Bonchev–Trinajstić information content (AvgIpc) is 3.23. The van der Waals surface area contributed by atoms with Crippen LogP contribution in [0.5, 0.6) is 0 Å². The Balaban J connectivity index is 1.40. The van der Waals surface area contributed by atoms with Gasteiger partial charge in [0.25, 0.3) is 0 Å². The third-order valence-corrected chi connectivity index (χ3v) is 4.91. The van der Waals surface area contributed by atoms with Crippen molar-refractivity contribution in [1.82, 2.24) is 15.3 Å². The minimum atomic E-state index is -0.475. The number of ether oxygens (including phenoxy) is 1. The molecule has 3 aromatic carbocycles. The van der Waals surface area contributed by atoms with Crippen molar-refractivity contribution in [3.05, 3.63) is 125 Å². The van der Waals surface area contributed by atoms with Crippen molar-refractivity contribution in [3.8, 4) is 0 Å². The average molecular weight is 428 g/mol. The van der Waals surface area contributed by atoms with Gasteiger partial charge in [0.2, 0.25) is 0 Å². The lowest BCUT2D eigenvalue weighted by molar-refractivity contribution is 0.0692. The van der Waals surface area contributed by atoms with Crippen LogP contribution in [-0.2, 0) is 30.9 Å². The number of benzene rings is 3. The number of rotatable bonds is 9. The lowest BCUT2D eigenvalue weighted by Gasteiger charge is -2.07. The maximum absolute atomic E-state index is 12.2. The van der Waals surface area contributed by atoms with Crippen LogP contribution in [0.1, 0.15) is 27.9 Å². The van der Waals surface area contributed by atoms with E-state index in [4.69, 9.17) is 9.57 Å². The Bertz CT molecular complexity index is 1110. The molecule has 162 valence electrons. The summed E-state index contributed by atoms with van der Waals surface area (Å²) in [6.07, 6.45) is 1.97. The van der Waals surface area contributed by atoms with Crippen molar-refractivity contribution < 1.29 is 14.4 Å². The van der Waals surface area contributed by atoms with E-state index in [1.165, 1.54) is 4.85 Å². The van der Waals surface area contributed by atoms with Crippen LogP contribution >= 0.6 is 0 Å². The number of carbonyl (C=O) groups excluding carboxylic acids is 1. The summed E-state index contributed by atoms with van der Waals surface area (Å²) >= 11 is 0. The predicted molar refractivity (Wildman–Crippen MR) is 122 cm³/mol. The standard InChI is InChI=1S/C26H25N3O3/c30-26(31-19-22-12-6-2-7-13-22)27-17-24-18-29(32-20-23-14-8-3-9-15-23)28-25(24)16-21-10-4-1-5-11-21/h1-15,18H,16-17,19-20H2,(H,27,30). The molecule has 1 amide bonds. The molecule has 6 nitrogen and oxygen atoms in total. The van der Waals surface area contributed by atoms with Crippen molar-refractivity contribution >= 4 is 6.09 Å². The summed E-state index contributed by atoms with van der Waals surface area (Å²) in [4.78, 5) is 19.5. The lowest BCUT2D eigenvalue weighted by Crippen LogP contribution is -2.24. The van der Waals surface area contributed by atoms with Crippen molar-refractivity contribution in [2.45, 2.75) is 26.2 Å². The Labute approximate surface area is 187 Å². The fourth-order valence-electron chi connectivity index (χ4n) is 3.23. The highest BCUT2D eigenvalue weighted by atomic mass is 16.7. The summed E-state index contributed by atoms with van der Waals surface area (Å²) in [6.45, 7) is 0.923. The van der Waals surface area contributed by atoms with Gasteiger partial charge in [0.15, 0.2) is 0 Å². The molecule has 1 aromatic heterocycles. The molecular weight excluding hydrogens is 402 g/mol. The summed E-state index contributed by atoms with van der Waals surface area (Å²) in [5, 5.41) is 7.41. The summed E-state index contributed by atoms with van der Waals surface area (Å²) in [5.41, 5.74) is 4.84. The number of carbonyl (C=O) groups is 1. The van der Waals surface area contributed by atoms with E-state index in [9.17, 15) is 4.79 Å². The predicted octanol–water partition coefficient (Wildman–Crippen LogP) is 4.53. The van der Waals surface area contributed by atoms with Crippen molar-refractivity contribution in [3.63, 3.8) is 0 Å². The number of nitrogens with one attached hydrogen (secondary N) is 1. The van der Waals surface area contributed by atoms with Crippen LogP contribution in [-0.4, -0.2) is 16.0 Å². The van der Waals surface area contributed by atoms with Crippen molar-refractivity contribution in [2.75, 3.05) is 0 Å². The molecule has 0 unspecified atom stereocenters. The van der Waals surface area contributed by atoms with Gasteiger partial charge in [-0.3, -0.25) is 0 Å². The van der Waals surface area contributed by atoms with Crippen LogP contribution < -0.4 is 10.2 Å². The maximum atomic E-state index is 12.2. The number of nitrogens with zero attached hydrogens (tertiary/aromatic N) is 2. The lowest BCUT2D eigenvalue weighted by atomic mass is 10.1. The van der Waals surface area contributed by atoms with E-state index in [0.717, 1.165) is 27.9 Å². The summed E-state index contributed by atoms with van der Waals surface area (Å²) in [7, 11) is 0. The molecule has 4 aromatic rings. The monoisotopic (exact) mass is 427 g/mol. The molecule has 0 spiro atoms. The third-order valence-electron chi connectivity index (χ3n) is 4.91. The van der Waals surface area contributed by atoms with Gasteiger partial charge >= 0.3 is 6.09 Å². The first-order valence-electron chi connectivity index (χ1n) is 10.5. The normalized spacial score (nSPS) is 10.5. The second kappa shape index (κ2) is 10.8. The minimum Gasteiger partial charge on any atom is -0.445 e. The largest absolute Gasteiger partial charge is 0.445 e. The number of hydrogen-bond acceptors (Lipinski definition) is 4. The van der Waals surface area contributed by atoms with Gasteiger partial charge in [0.1, 0.15) is 13.2 Å². The summed E-state index contributed by atoms with van der Waals surface area (Å²) < 4.78 is 5.31. The highest BCUT2D eigenvalue weighted by Gasteiger charge is 2.13. The maximum Gasteiger partial charge on any atom is 0.407 e. The Kier molecular flexibility index (Phi) is 7.16. The minimum absolute atomic E-state index is 0.225. The Morgan fingerprint density at radius 3 is 1.97 bits per heavy atom. The Morgan fingerprint density at radius 2 is 1.34 bits per heavy atom. The molecule has 1 N–H and O–H groups in total. The smallest absolute Gasteiger partial charge is 0.407 e. The van der Waals surface area contributed by atoms with E-state index in [1.807, 2.05) is 78.9 Å². The van der Waals surface area contributed by atoms with Gasteiger partial charge in [-0.1, -0.05) is 91.0 Å². The van der Waals surface area contributed by atoms with E-state index >= 15 is 0 Å². The van der Waals surface area contributed by atoms with Gasteiger partial charge in [-0.05, 0) is 16.7 Å². The topological polar surface area (TPSA) is 65.4 Å². The van der Waals surface area contributed by atoms with Gasteiger partial charge in [-0.25, -0.2) is 4.79 Å². The molecule has 0 fully saturated rings. The van der Waals surface area contributed by atoms with Gasteiger partial charge < -0.3 is 14.9 Å². The third kappa shape index (κ3) is 6.22. The van der Waals surface area contributed by atoms with E-state index in [2.05, 4.69) is 22.5 Å². The van der Waals surface area contributed by atoms with Crippen LogP contribution in [0.25, 0.3) is 0 Å². The van der Waals surface area contributed by atoms with Crippen molar-refractivity contribution in [2.24, 2.45) is 0 Å². The van der Waals surface area contributed by atoms with Gasteiger partial charge in [0.05, 0.1) is 11.9 Å². The van der Waals surface area contributed by atoms with Crippen LogP contribution in [0.15, 0.2) is 97.2 Å². The van der Waals surface area contributed by atoms with Crippen LogP contribution in [0.3, 0.4) is 0 Å². The molecule has 0 atom stereocenters. The van der Waals surface area contributed by atoms with Crippen LogP contribution in [0, 0.1) is 0 Å². The molecule has 1 heterocycles. The SMILES string of the molecule is O=C(NCc1cn(OCc2ccccc2)nc1Cc1ccccc1)OCc1ccccc1. The molecule has 32 heavy (non-hydrogen) atoms. The van der Waals surface area contributed by atoms with E-state index in [0.29, 0.717) is 19.6 Å². The van der Waals surface area contributed by atoms with Gasteiger partial charge in [0, 0.05) is 18.5 Å². The second-order valence-electron chi connectivity index (χ2n) is 7.34. The molecule has 0 radical (unpaired) electrons. The fraction of sp³-hybridized carbons (Fsp3) is 0.154. The Hall–Kier alpha value is -4.06. The van der Waals surface area contributed by atoms with Crippen LogP contribution in [0.4, 0.5) is 4.79 Å². The number of amides is 1. The fourth-order valence-corrected chi connectivity index (χ4v) is 3.23. The van der Waals surface area contributed by atoms with Crippen molar-refractivity contribution in [1.29, 1.82) is 0 Å². The number of hydrogen-bond donors (Lipinski definition) is 1. The number of alkyl carbamates (subject to hydrolysis) is 1. The molecule has 4 rings (SSSR count). The molecule has 6 heteroatoms. The second-order valence-corrected chi connectivity index (χ2v) is 7.34. The van der Waals surface area contributed by atoms with Gasteiger partial charge in [-0.15, -0.1) is 9.94 Å². The quantitative estimate of drug-likeness (QED) is 0.426. The molecular formula is C26H25N3O3. The zero-order valence-corrected chi connectivity index (χ0v) is 17.7. The van der Waals surface area contributed by atoms with Crippen LogP contribution in [0.2, 0.25) is 0 Å². The molecule has 0 bridgehead atoms. The van der Waals surface area contributed by atoms with E-state index in [-0.39, 0.29) is 6.61 Å². The molecule has 0 saturated carbocycles. The zero-order valence-electron chi connectivity index (χ0n) is 17.7. The first-order chi connectivity index (χ1) is 15.8. The first-order valence-corrected chi connectivity index (χ1v) is 10.5. The van der Waals surface area contributed by atoms with Gasteiger partial charge in [-0.2, -0.15) is 0 Å². The summed E-state index contributed by atoms with van der Waals surface area (Å²) in [5.74, 6) is 0. The Morgan fingerprint density at radius 1 is 0.781 bits per heavy atom. The van der Waals surface area contributed by atoms with E-state index in [1.54, 1.807) is 6.20 Å². The highest BCUT2D eigenvalue weighted by Crippen LogP contribution is 2.13. The highest BCUT2D eigenvalue weighted by molar-refractivity contribution is 5.67. The van der Waals surface area contributed by atoms with E-state index < -0.39 is 6.09 Å². The summed E-state index contributed by atoms with van der Waals surface area (Å²) in [6, 6.07) is 29.6.